The Balaban J connectivity index is 1.31. The second kappa shape index (κ2) is 4.75. The summed E-state index contributed by atoms with van der Waals surface area (Å²) in [6, 6.07) is 0. The fourth-order valence-corrected chi connectivity index (χ4v) is 4.13. The Morgan fingerprint density at radius 1 is 0.667 bits per heavy atom. The summed E-state index contributed by atoms with van der Waals surface area (Å²) < 4.78 is 22.6. The monoisotopic (exact) mass is 254 g/mol. The number of rotatable bonds is 3. The van der Waals surface area contributed by atoms with E-state index in [1.54, 1.807) is 0 Å². The molecule has 0 radical (unpaired) electrons. The Labute approximate surface area is 108 Å². The topological polar surface area (TPSA) is 36.9 Å². The summed E-state index contributed by atoms with van der Waals surface area (Å²) in [6.45, 7) is 3.56. The lowest BCUT2D eigenvalue weighted by atomic mass is 9.83. The number of hydrogen-bond donors (Lipinski definition) is 0. The highest BCUT2D eigenvalue weighted by Gasteiger charge is 2.44. The summed E-state index contributed by atoms with van der Waals surface area (Å²) in [4.78, 5) is 0. The molecule has 0 N–H and O–H groups in total. The molecule has 6 atom stereocenters. The maximum Gasteiger partial charge on any atom is 0.160 e. The van der Waals surface area contributed by atoms with E-state index in [1.807, 2.05) is 0 Å². The summed E-state index contributed by atoms with van der Waals surface area (Å²) in [5.41, 5.74) is 0. The summed E-state index contributed by atoms with van der Waals surface area (Å²) in [7, 11) is 0. The fourth-order valence-electron chi connectivity index (χ4n) is 4.13. The molecule has 4 aliphatic heterocycles. The lowest BCUT2D eigenvalue weighted by Gasteiger charge is -2.19. The third-order valence-electron chi connectivity index (χ3n) is 5.23. The Kier molecular flexibility index (Phi) is 3.07. The van der Waals surface area contributed by atoms with Crippen LogP contribution < -0.4 is 0 Å². The molecular weight excluding hydrogens is 232 g/mol. The molecule has 0 unspecified atom stereocenters. The lowest BCUT2D eigenvalue weighted by molar-refractivity contribution is -0.0908. The number of hydrogen-bond acceptors (Lipinski definition) is 4. The van der Waals surface area contributed by atoms with Crippen molar-refractivity contribution in [1.82, 2.24) is 0 Å². The highest BCUT2D eigenvalue weighted by molar-refractivity contribution is 4.87. The highest BCUT2D eigenvalue weighted by atomic mass is 16.7. The van der Waals surface area contributed by atoms with Crippen LogP contribution in [0.3, 0.4) is 0 Å². The van der Waals surface area contributed by atoms with Crippen molar-refractivity contribution in [2.45, 2.75) is 38.3 Å². The van der Waals surface area contributed by atoms with Gasteiger partial charge in [-0.05, 0) is 37.5 Å². The minimum atomic E-state index is 0.109. The average Bonchev–Trinajstić information content (AvgIpc) is 3.09. The van der Waals surface area contributed by atoms with E-state index in [-0.39, 0.29) is 12.6 Å². The van der Waals surface area contributed by atoms with Gasteiger partial charge >= 0.3 is 0 Å². The quantitative estimate of drug-likeness (QED) is 0.769. The normalized spacial score (nSPS) is 50.7. The van der Waals surface area contributed by atoms with E-state index in [2.05, 4.69) is 0 Å². The lowest BCUT2D eigenvalue weighted by Crippen LogP contribution is -2.19. The van der Waals surface area contributed by atoms with Gasteiger partial charge < -0.3 is 18.9 Å². The zero-order chi connectivity index (χ0) is 11.9. The Hall–Kier alpha value is -0.160. The van der Waals surface area contributed by atoms with E-state index >= 15 is 0 Å². The fraction of sp³-hybridized carbons (Fsp3) is 1.00. The van der Waals surface area contributed by atoms with Crippen LogP contribution in [0.15, 0.2) is 0 Å². The van der Waals surface area contributed by atoms with Gasteiger partial charge in [0.15, 0.2) is 12.6 Å². The van der Waals surface area contributed by atoms with Gasteiger partial charge in [-0.25, -0.2) is 0 Å². The molecule has 4 heteroatoms. The smallest absolute Gasteiger partial charge is 0.160 e. The predicted molar refractivity (Wildman–Crippen MR) is 63.8 cm³/mol. The molecule has 0 aromatic carbocycles. The maximum atomic E-state index is 5.71. The van der Waals surface area contributed by atoms with E-state index in [4.69, 9.17) is 18.9 Å². The van der Waals surface area contributed by atoms with Crippen molar-refractivity contribution in [3.05, 3.63) is 0 Å². The predicted octanol–water partition coefficient (Wildman–Crippen LogP) is 1.78. The van der Waals surface area contributed by atoms with Crippen molar-refractivity contribution >= 4 is 0 Å². The first-order chi connectivity index (χ1) is 8.92. The van der Waals surface area contributed by atoms with Crippen LogP contribution in [0.4, 0.5) is 0 Å². The summed E-state index contributed by atoms with van der Waals surface area (Å²) >= 11 is 0. The van der Waals surface area contributed by atoms with Gasteiger partial charge in [0.25, 0.3) is 0 Å². The van der Waals surface area contributed by atoms with E-state index in [0.29, 0.717) is 23.7 Å². The largest absolute Gasteiger partial charge is 0.352 e. The van der Waals surface area contributed by atoms with Crippen molar-refractivity contribution < 1.29 is 18.9 Å². The SMILES string of the molecule is C1C[C@H]2[C@@H](CC[C@H]3CO[C@H]4OCC[C@@H]34)CO[C@H]2O1. The van der Waals surface area contributed by atoms with Gasteiger partial charge in [-0.15, -0.1) is 0 Å². The van der Waals surface area contributed by atoms with Crippen LogP contribution in [0.25, 0.3) is 0 Å². The van der Waals surface area contributed by atoms with E-state index in [1.165, 1.54) is 25.7 Å². The van der Waals surface area contributed by atoms with Gasteiger partial charge in [-0.2, -0.15) is 0 Å². The zero-order valence-corrected chi connectivity index (χ0v) is 10.8. The molecule has 4 fully saturated rings. The Morgan fingerprint density at radius 3 is 1.67 bits per heavy atom. The van der Waals surface area contributed by atoms with E-state index in [0.717, 1.165) is 26.4 Å². The molecule has 4 rings (SSSR count). The molecule has 102 valence electrons. The van der Waals surface area contributed by atoms with Gasteiger partial charge in [0.05, 0.1) is 26.4 Å². The molecule has 0 saturated carbocycles. The van der Waals surface area contributed by atoms with E-state index < -0.39 is 0 Å². The molecule has 4 aliphatic rings. The standard InChI is InChI=1S/C14H22O4/c1(9-7-17-13-11(9)3-5-15-13)2-10-8-18-14-12(10)4-6-16-14/h9-14H,1-8H2/t9-,10-,11-,12-,13+,14+/m0/s1. The average molecular weight is 254 g/mol. The van der Waals surface area contributed by atoms with Crippen molar-refractivity contribution in [3.63, 3.8) is 0 Å². The molecule has 0 bridgehead atoms. The molecule has 4 nitrogen and oxygen atoms in total. The third-order valence-corrected chi connectivity index (χ3v) is 5.23. The first-order valence-corrected chi connectivity index (χ1v) is 7.38. The number of fused-ring (bicyclic) bond motifs is 2. The summed E-state index contributed by atoms with van der Waals surface area (Å²) in [5, 5.41) is 0. The van der Waals surface area contributed by atoms with Crippen LogP contribution >= 0.6 is 0 Å². The van der Waals surface area contributed by atoms with Crippen molar-refractivity contribution in [3.8, 4) is 0 Å². The van der Waals surface area contributed by atoms with Gasteiger partial charge in [0.1, 0.15) is 0 Å². The molecule has 4 saturated heterocycles. The van der Waals surface area contributed by atoms with Crippen molar-refractivity contribution in [2.24, 2.45) is 23.7 Å². The van der Waals surface area contributed by atoms with Crippen LogP contribution in [0.5, 0.6) is 0 Å². The maximum absolute atomic E-state index is 5.71. The molecule has 4 heterocycles. The van der Waals surface area contributed by atoms with Gasteiger partial charge in [-0.1, -0.05) is 0 Å². The van der Waals surface area contributed by atoms with Crippen LogP contribution in [-0.4, -0.2) is 39.0 Å². The molecule has 0 aliphatic carbocycles. The van der Waals surface area contributed by atoms with Gasteiger partial charge in [0, 0.05) is 11.8 Å². The van der Waals surface area contributed by atoms with Crippen molar-refractivity contribution in [2.75, 3.05) is 26.4 Å². The minimum absolute atomic E-state index is 0.109. The van der Waals surface area contributed by atoms with E-state index in [9.17, 15) is 0 Å². The van der Waals surface area contributed by atoms with Crippen LogP contribution in [0.1, 0.15) is 25.7 Å². The van der Waals surface area contributed by atoms with Crippen LogP contribution in [0, 0.1) is 23.7 Å². The first kappa shape index (κ1) is 11.6. The number of ether oxygens (including phenoxy) is 4. The van der Waals surface area contributed by atoms with Gasteiger partial charge in [0.2, 0.25) is 0 Å². The summed E-state index contributed by atoms with van der Waals surface area (Å²) in [6.07, 6.45) is 5.12. The Morgan fingerprint density at radius 2 is 1.17 bits per heavy atom. The molecule has 18 heavy (non-hydrogen) atoms. The first-order valence-electron chi connectivity index (χ1n) is 7.38. The summed E-state index contributed by atoms with van der Waals surface area (Å²) in [5.74, 6) is 2.73. The molecule has 0 amide bonds. The second-order valence-corrected chi connectivity index (χ2v) is 6.15. The molecule has 0 spiro atoms. The highest BCUT2D eigenvalue weighted by Crippen LogP contribution is 2.42. The third kappa shape index (κ3) is 1.90. The minimum Gasteiger partial charge on any atom is -0.352 e. The zero-order valence-electron chi connectivity index (χ0n) is 10.8. The van der Waals surface area contributed by atoms with Crippen molar-refractivity contribution in [1.29, 1.82) is 0 Å². The molecular formula is C14H22O4. The second-order valence-electron chi connectivity index (χ2n) is 6.15. The Bertz CT molecular complexity index is 278. The van der Waals surface area contributed by atoms with Crippen LogP contribution in [0.2, 0.25) is 0 Å². The van der Waals surface area contributed by atoms with Crippen LogP contribution in [-0.2, 0) is 18.9 Å². The van der Waals surface area contributed by atoms with Gasteiger partial charge in [-0.3, -0.25) is 0 Å². The molecule has 0 aromatic heterocycles. The molecule has 0 aromatic rings.